The first-order valence-corrected chi connectivity index (χ1v) is 6.55. The Balaban J connectivity index is 2.95. The Kier molecular flexibility index (Phi) is 4.25. The number of carbonyl (C=O) groups is 1. The molecule has 0 saturated carbocycles. The van der Waals surface area contributed by atoms with Crippen molar-refractivity contribution in [3.63, 3.8) is 0 Å². The summed E-state index contributed by atoms with van der Waals surface area (Å²) in [5.41, 5.74) is 0.984. The van der Waals surface area contributed by atoms with Gasteiger partial charge in [-0.05, 0) is 19.1 Å². The molecule has 94 valence electrons. The van der Waals surface area contributed by atoms with Crippen molar-refractivity contribution in [1.29, 1.82) is 0 Å². The molecule has 1 rings (SSSR count). The summed E-state index contributed by atoms with van der Waals surface area (Å²) in [5, 5.41) is 2.38. The molecule has 0 aliphatic rings. The van der Waals surface area contributed by atoms with Gasteiger partial charge in [-0.15, -0.1) is 0 Å². The number of hydrogen-bond acceptors (Lipinski definition) is 3. The highest BCUT2D eigenvalue weighted by atomic mass is 32.2. The fraction of sp³-hybridized carbons (Fsp3) is 0.364. The molecule has 0 saturated heterocycles. The highest BCUT2D eigenvalue weighted by Gasteiger charge is 2.22. The van der Waals surface area contributed by atoms with Gasteiger partial charge >= 0.3 is 0 Å². The molecule has 1 aromatic carbocycles. The van der Waals surface area contributed by atoms with E-state index in [0.717, 1.165) is 9.87 Å². The molecule has 0 aliphatic heterocycles. The van der Waals surface area contributed by atoms with Crippen molar-refractivity contribution in [1.82, 2.24) is 9.62 Å². The third kappa shape index (κ3) is 3.28. The van der Waals surface area contributed by atoms with Gasteiger partial charge in [-0.1, -0.05) is 17.7 Å². The molecule has 0 bridgehead atoms. The molecule has 0 atom stereocenters. The van der Waals surface area contributed by atoms with Crippen LogP contribution in [-0.4, -0.2) is 39.3 Å². The van der Waals surface area contributed by atoms with Gasteiger partial charge in [0.2, 0.25) is 15.9 Å². The van der Waals surface area contributed by atoms with Crippen LogP contribution >= 0.6 is 0 Å². The van der Waals surface area contributed by atoms with Gasteiger partial charge in [0.15, 0.2) is 0 Å². The number of hydrogen-bond donors (Lipinski definition) is 1. The number of amides is 1. The predicted molar refractivity (Wildman–Crippen MR) is 65.1 cm³/mol. The minimum atomic E-state index is -3.59. The van der Waals surface area contributed by atoms with Gasteiger partial charge in [-0.3, -0.25) is 4.79 Å². The molecular formula is C11H16N2O3S. The van der Waals surface area contributed by atoms with Crippen LogP contribution in [0.5, 0.6) is 0 Å². The molecule has 1 amide bonds. The van der Waals surface area contributed by atoms with Crippen molar-refractivity contribution in [2.45, 2.75) is 11.8 Å². The van der Waals surface area contributed by atoms with Crippen molar-refractivity contribution in [2.24, 2.45) is 0 Å². The Morgan fingerprint density at radius 1 is 1.29 bits per heavy atom. The Hall–Kier alpha value is -1.40. The topological polar surface area (TPSA) is 66.5 Å². The molecule has 0 fully saturated rings. The van der Waals surface area contributed by atoms with E-state index in [-0.39, 0.29) is 17.3 Å². The number of aryl methyl sites for hydroxylation is 1. The number of carbonyl (C=O) groups excluding carboxylic acids is 1. The van der Waals surface area contributed by atoms with E-state index in [4.69, 9.17) is 0 Å². The molecular weight excluding hydrogens is 240 g/mol. The van der Waals surface area contributed by atoms with Gasteiger partial charge in [0.05, 0.1) is 11.4 Å². The maximum atomic E-state index is 12.0. The summed E-state index contributed by atoms with van der Waals surface area (Å²) in [6, 6.07) is 6.51. The predicted octanol–water partition coefficient (Wildman–Crippen LogP) is 0.362. The summed E-state index contributed by atoms with van der Waals surface area (Å²) in [6.07, 6.45) is 0. The molecule has 5 nitrogen and oxygen atoms in total. The lowest BCUT2D eigenvalue weighted by Gasteiger charge is -2.16. The van der Waals surface area contributed by atoms with E-state index in [1.165, 1.54) is 26.2 Å². The molecule has 1 aromatic rings. The maximum Gasteiger partial charge on any atom is 0.243 e. The van der Waals surface area contributed by atoms with Crippen molar-refractivity contribution < 1.29 is 13.2 Å². The lowest BCUT2D eigenvalue weighted by atomic mass is 10.2. The SMILES string of the molecule is CNC(=O)CN(C)S(=O)(=O)c1ccc(C)cc1. The Labute approximate surface area is 101 Å². The zero-order valence-electron chi connectivity index (χ0n) is 10.1. The monoisotopic (exact) mass is 256 g/mol. The van der Waals surface area contributed by atoms with Crippen LogP contribution in [0, 0.1) is 6.92 Å². The first-order chi connectivity index (χ1) is 7.87. The average Bonchev–Trinajstić information content (AvgIpc) is 2.29. The highest BCUT2D eigenvalue weighted by molar-refractivity contribution is 7.89. The van der Waals surface area contributed by atoms with E-state index < -0.39 is 10.0 Å². The van der Waals surface area contributed by atoms with Crippen LogP contribution < -0.4 is 5.32 Å². The van der Waals surface area contributed by atoms with Gasteiger partial charge in [0.25, 0.3) is 0 Å². The summed E-state index contributed by atoms with van der Waals surface area (Å²) < 4.78 is 25.1. The van der Waals surface area contributed by atoms with Crippen LogP contribution in [0.25, 0.3) is 0 Å². The second kappa shape index (κ2) is 5.29. The summed E-state index contributed by atoms with van der Waals surface area (Å²) >= 11 is 0. The third-order valence-electron chi connectivity index (χ3n) is 2.37. The van der Waals surface area contributed by atoms with Crippen LogP contribution in [0.2, 0.25) is 0 Å². The van der Waals surface area contributed by atoms with E-state index in [1.54, 1.807) is 12.1 Å². The summed E-state index contributed by atoms with van der Waals surface area (Å²) in [6.45, 7) is 1.69. The van der Waals surface area contributed by atoms with Crippen LogP contribution in [-0.2, 0) is 14.8 Å². The molecule has 6 heteroatoms. The minimum Gasteiger partial charge on any atom is -0.358 e. The molecule has 0 unspecified atom stereocenters. The van der Waals surface area contributed by atoms with Crippen molar-refractivity contribution in [3.05, 3.63) is 29.8 Å². The second-order valence-electron chi connectivity index (χ2n) is 3.75. The largest absolute Gasteiger partial charge is 0.358 e. The molecule has 0 radical (unpaired) electrons. The molecule has 1 N–H and O–H groups in total. The third-order valence-corrected chi connectivity index (χ3v) is 4.19. The smallest absolute Gasteiger partial charge is 0.243 e. The van der Waals surface area contributed by atoms with Crippen LogP contribution in [0.15, 0.2) is 29.2 Å². The zero-order chi connectivity index (χ0) is 13.1. The van der Waals surface area contributed by atoms with Crippen molar-refractivity contribution in [3.8, 4) is 0 Å². The van der Waals surface area contributed by atoms with Crippen molar-refractivity contribution >= 4 is 15.9 Å². The van der Waals surface area contributed by atoms with Gasteiger partial charge in [0, 0.05) is 14.1 Å². The fourth-order valence-corrected chi connectivity index (χ4v) is 2.38. The second-order valence-corrected chi connectivity index (χ2v) is 5.79. The van der Waals surface area contributed by atoms with E-state index in [0.29, 0.717) is 0 Å². The van der Waals surface area contributed by atoms with Crippen LogP contribution in [0.3, 0.4) is 0 Å². The Morgan fingerprint density at radius 3 is 2.29 bits per heavy atom. The standard InChI is InChI=1S/C11H16N2O3S/c1-9-4-6-10(7-5-9)17(15,16)13(3)8-11(14)12-2/h4-7H,8H2,1-3H3,(H,12,14). The van der Waals surface area contributed by atoms with E-state index in [2.05, 4.69) is 5.32 Å². The normalized spacial score (nSPS) is 11.5. The summed E-state index contributed by atoms with van der Waals surface area (Å²) in [7, 11) is -0.742. The van der Waals surface area contributed by atoms with Gasteiger partial charge in [-0.25, -0.2) is 8.42 Å². The number of sulfonamides is 1. The van der Waals surface area contributed by atoms with E-state index >= 15 is 0 Å². The first kappa shape index (κ1) is 13.7. The number of rotatable bonds is 4. The Bertz CT molecular complexity index is 494. The molecule has 0 aromatic heterocycles. The Morgan fingerprint density at radius 2 is 1.82 bits per heavy atom. The highest BCUT2D eigenvalue weighted by Crippen LogP contribution is 2.14. The summed E-state index contributed by atoms with van der Waals surface area (Å²) in [4.78, 5) is 11.3. The number of benzene rings is 1. The maximum absolute atomic E-state index is 12.0. The lowest BCUT2D eigenvalue weighted by Crippen LogP contribution is -2.36. The number of likely N-dealkylation sites (N-methyl/N-ethyl adjacent to an activating group) is 2. The lowest BCUT2D eigenvalue weighted by molar-refractivity contribution is -0.120. The molecule has 0 aliphatic carbocycles. The molecule has 17 heavy (non-hydrogen) atoms. The van der Waals surface area contributed by atoms with E-state index in [9.17, 15) is 13.2 Å². The van der Waals surface area contributed by atoms with Crippen LogP contribution in [0.1, 0.15) is 5.56 Å². The van der Waals surface area contributed by atoms with Gasteiger partial charge in [-0.2, -0.15) is 4.31 Å². The number of nitrogens with zero attached hydrogens (tertiary/aromatic N) is 1. The quantitative estimate of drug-likeness (QED) is 0.846. The van der Waals surface area contributed by atoms with E-state index in [1.807, 2.05) is 6.92 Å². The van der Waals surface area contributed by atoms with Crippen molar-refractivity contribution in [2.75, 3.05) is 20.6 Å². The molecule has 0 heterocycles. The summed E-state index contributed by atoms with van der Waals surface area (Å²) in [5.74, 6) is -0.344. The molecule has 0 spiro atoms. The minimum absolute atomic E-state index is 0.188. The number of nitrogens with one attached hydrogen (secondary N) is 1. The fourth-order valence-electron chi connectivity index (χ4n) is 1.26. The zero-order valence-corrected chi connectivity index (χ0v) is 10.9. The average molecular weight is 256 g/mol. The van der Waals surface area contributed by atoms with Crippen LogP contribution in [0.4, 0.5) is 0 Å². The van der Waals surface area contributed by atoms with Gasteiger partial charge < -0.3 is 5.32 Å². The first-order valence-electron chi connectivity index (χ1n) is 5.11. The van der Waals surface area contributed by atoms with Gasteiger partial charge in [0.1, 0.15) is 0 Å².